The van der Waals surface area contributed by atoms with Crippen molar-refractivity contribution in [2.45, 2.75) is 52.1 Å². The lowest BCUT2D eigenvalue weighted by atomic mass is 10.2. The summed E-state index contributed by atoms with van der Waals surface area (Å²) in [6, 6.07) is 1.13. The largest absolute Gasteiger partial charge is 0.406 e. The summed E-state index contributed by atoms with van der Waals surface area (Å²) in [4.78, 5) is 3.64. The Morgan fingerprint density at radius 2 is 1.77 bits per heavy atom. The Morgan fingerprint density at radius 3 is 2.00 bits per heavy atom. The molecule has 0 rings (SSSR count). The van der Waals surface area contributed by atoms with Crippen molar-refractivity contribution in [2.75, 3.05) is 13.7 Å². The first kappa shape index (κ1) is 13.1. The molecule has 0 aliphatic heterocycles. The first-order chi connectivity index (χ1) is 5.93. The molecule has 0 saturated carbocycles. The minimum atomic E-state index is -1.72. The van der Waals surface area contributed by atoms with Crippen LogP contribution in [0.1, 0.15) is 41.0 Å². The summed E-state index contributed by atoms with van der Waals surface area (Å²) in [5, 5.41) is 0.270. The zero-order valence-corrected chi connectivity index (χ0v) is 11.0. The molecular formula is C10H25NOSi. The van der Waals surface area contributed by atoms with Crippen LogP contribution in [0.5, 0.6) is 0 Å². The third kappa shape index (κ3) is 3.08. The van der Waals surface area contributed by atoms with Crippen LogP contribution in [0.4, 0.5) is 0 Å². The topological polar surface area (TPSA) is 21.3 Å². The quantitative estimate of drug-likeness (QED) is 0.694. The summed E-state index contributed by atoms with van der Waals surface area (Å²) in [6.45, 7) is 12.3. The van der Waals surface area contributed by atoms with Gasteiger partial charge in [-0.1, -0.05) is 34.6 Å². The Labute approximate surface area is 84.3 Å². The summed E-state index contributed by atoms with van der Waals surface area (Å²) in [5.41, 5.74) is 0. The van der Waals surface area contributed by atoms with Crippen LogP contribution in [0.25, 0.3) is 0 Å². The molecule has 0 aromatic heterocycles. The Balaban J connectivity index is 4.50. The van der Waals surface area contributed by atoms with Crippen molar-refractivity contribution < 1.29 is 4.43 Å². The van der Waals surface area contributed by atoms with Crippen LogP contribution in [0.3, 0.4) is 0 Å². The van der Waals surface area contributed by atoms with E-state index in [-0.39, 0.29) is 5.04 Å². The van der Waals surface area contributed by atoms with Gasteiger partial charge in [0.05, 0.1) is 0 Å². The maximum absolute atomic E-state index is 5.78. The minimum Gasteiger partial charge on any atom is -0.406 e. The lowest BCUT2D eigenvalue weighted by Gasteiger charge is -2.40. The first-order valence-corrected chi connectivity index (χ1v) is 7.35. The third-order valence-corrected chi connectivity index (χ3v) is 7.66. The van der Waals surface area contributed by atoms with Crippen molar-refractivity contribution in [1.29, 1.82) is 0 Å². The predicted octanol–water partition coefficient (Wildman–Crippen LogP) is 2.89. The second kappa shape index (κ2) is 5.13. The highest BCUT2D eigenvalue weighted by molar-refractivity contribution is 6.74. The molecule has 0 bridgehead atoms. The second-order valence-electron chi connectivity index (χ2n) is 4.56. The van der Waals surface area contributed by atoms with Gasteiger partial charge in [-0.15, -0.1) is 0 Å². The van der Waals surface area contributed by atoms with Gasteiger partial charge in [-0.3, -0.25) is 0 Å². The van der Waals surface area contributed by atoms with Gasteiger partial charge < -0.3 is 9.41 Å². The SMILES string of the molecule is CCCN[Si](CC)(OC)C(C)(C)C. The summed E-state index contributed by atoms with van der Waals surface area (Å²) < 4.78 is 5.78. The average molecular weight is 203 g/mol. The number of hydrogen-bond acceptors (Lipinski definition) is 2. The monoisotopic (exact) mass is 203 g/mol. The molecule has 80 valence electrons. The molecule has 0 radical (unpaired) electrons. The fraction of sp³-hybridized carbons (Fsp3) is 1.00. The van der Waals surface area contributed by atoms with Crippen LogP contribution in [0, 0.1) is 0 Å². The van der Waals surface area contributed by atoms with E-state index < -0.39 is 8.48 Å². The molecule has 0 aromatic carbocycles. The molecule has 2 nitrogen and oxygen atoms in total. The van der Waals surface area contributed by atoms with Gasteiger partial charge in [0.1, 0.15) is 0 Å². The van der Waals surface area contributed by atoms with Crippen LogP contribution in [-0.2, 0) is 4.43 Å². The van der Waals surface area contributed by atoms with Crippen molar-refractivity contribution in [3.8, 4) is 0 Å². The molecule has 1 atom stereocenters. The molecule has 3 heteroatoms. The predicted molar refractivity (Wildman–Crippen MR) is 61.3 cm³/mol. The van der Waals surface area contributed by atoms with E-state index in [1.54, 1.807) is 0 Å². The van der Waals surface area contributed by atoms with Crippen molar-refractivity contribution in [3.05, 3.63) is 0 Å². The zero-order chi connectivity index (χ0) is 10.5. The molecule has 0 saturated heterocycles. The van der Waals surface area contributed by atoms with Gasteiger partial charge in [0, 0.05) is 7.11 Å². The summed E-state index contributed by atoms with van der Waals surface area (Å²) in [7, 11) is 0.135. The van der Waals surface area contributed by atoms with Gasteiger partial charge in [0.15, 0.2) is 0 Å². The van der Waals surface area contributed by atoms with E-state index in [0.717, 1.165) is 12.6 Å². The molecular weight excluding hydrogens is 178 g/mol. The molecule has 1 unspecified atom stereocenters. The van der Waals surface area contributed by atoms with Gasteiger partial charge in [0.2, 0.25) is 0 Å². The van der Waals surface area contributed by atoms with Crippen molar-refractivity contribution in [2.24, 2.45) is 0 Å². The fourth-order valence-electron chi connectivity index (χ4n) is 1.77. The summed E-state index contributed by atoms with van der Waals surface area (Å²) >= 11 is 0. The van der Waals surface area contributed by atoms with E-state index in [2.05, 4.69) is 39.6 Å². The Kier molecular flexibility index (Phi) is 5.18. The van der Waals surface area contributed by atoms with E-state index in [1.807, 2.05) is 7.11 Å². The van der Waals surface area contributed by atoms with Crippen LogP contribution in [0.2, 0.25) is 11.1 Å². The number of rotatable bonds is 5. The van der Waals surface area contributed by atoms with Gasteiger partial charge in [-0.25, -0.2) is 0 Å². The van der Waals surface area contributed by atoms with Crippen molar-refractivity contribution in [1.82, 2.24) is 4.98 Å². The molecule has 0 aliphatic carbocycles. The third-order valence-electron chi connectivity index (χ3n) is 2.72. The Bertz CT molecular complexity index is 138. The highest BCUT2D eigenvalue weighted by Gasteiger charge is 2.44. The second-order valence-corrected chi connectivity index (χ2v) is 9.18. The molecule has 0 aliphatic rings. The summed E-state index contributed by atoms with van der Waals surface area (Å²) in [6.07, 6.45) is 1.17. The lowest BCUT2D eigenvalue weighted by Crippen LogP contribution is -2.59. The highest BCUT2D eigenvalue weighted by atomic mass is 28.4. The van der Waals surface area contributed by atoms with Crippen molar-refractivity contribution >= 4 is 8.48 Å². The molecule has 0 fully saturated rings. The molecule has 0 heterocycles. The van der Waals surface area contributed by atoms with Crippen LogP contribution in [0.15, 0.2) is 0 Å². The minimum absolute atomic E-state index is 0.270. The standard InChI is InChI=1S/C10H25NOSi/c1-7-9-11-13(8-2,12-6)10(3,4)5/h11H,7-9H2,1-6H3. The Morgan fingerprint density at radius 1 is 1.23 bits per heavy atom. The van der Waals surface area contributed by atoms with Gasteiger partial charge >= 0.3 is 0 Å². The molecule has 13 heavy (non-hydrogen) atoms. The van der Waals surface area contributed by atoms with Crippen molar-refractivity contribution in [3.63, 3.8) is 0 Å². The average Bonchev–Trinajstić information content (AvgIpc) is 2.05. The highest BCUT2D eigenvalue weighted by Crippen LogP contribution is 2.36. The molecule has 1 N–H and O–H groups in total. The van der Waals surface area contributed by atoms with Crippen LogP contribution in [-0.4, -0.2) is 22.1 Å². The molecule has 0 spiro atoms. The fourth-order valence-corrected chi connectivity index (χ4v) is 5.31. The van der Waals surface area contributed by atoms with E-state index >= 15 is 0 Å². The Hall–Kier alpha value is 0.137. The summed E-state index contributed by atoms with van der Waals surface area (Å²) in [5.74, 6) is 0. The zero-order valence-electron chi connectivity index (χ0n) is 10.0. The van der Waals surface area contributed by atoms with E-state index in [4.69, 9.17) is 4.43 Å². The smallest absolute Gasteiger partial charge is 0.273 e. The van der Waals surface area contributed by atoms with Crippen LogP contribution >= 0.6 is 0 Å². The first-order valence-electron chi connectivity index (χ1n) is 5.23. The number of nitrogens with one attached hydrogen (secondary N) is 1. The van der Waals surface area contributed by atoms with Crippen LogP contribution < -0.4 is 4.98 Å². The maximum atomic E-state index is 5.78. The number of hydrogen-bond donors (Lipinski definition) is 1. The van der Waals surface area contributed by atoms with Gasteiger partial charge in [-0.2, -0.15) is 0 Å². The molecule has 0 aromatic rings. The lowest BCUT2D eigenvalue weighted by molar-refractivity contribution is 0.344. The van der Waals surface area contributed by atoms with Gasteiger partial charge in [0.25, 0.3) is 8.48 Å². The molecule has 0 amide bonds. The normalized spacial score (nSPS) is 17.1. The van der Waals surface area contributed by atoms with E-state index in [9.17, 15) is 0 Å². The van der Waals surface area contributed by atoms with E-state index in [0.29, 0.717) is 0 Å². The maximum Gasteiger partial charge on any atom is 0.273 e. The van der Waals surface area contributed by atoms with E-state index in [1.165, 1.54) is 6.42 Å². The van der Waals surface area contributed by atoms with Gasteiger partial charge in [-0.05, 0) is 24.0 Å².